The van der Waals surface area contributed by atoms with Crippen molar-refractivity contribution in [3.8, 4) is 0 Å². The molecule has 0 saturated carbocycles. The maximum absolute atomic E-state index is 12.2. The molecule has 1 atom stereocenters. The second kappa shape index (κ2) is 7.58. The molecule has 21 heavy (non-hydrogen) atoms. The normalized spacial score (nSPS) is 13.0. The molecule has 0 heterocycles. The molecule has 0 bridgehead atoms. The fourth-order valence-corrected chi connectivity index (χ4v) is 3.88. The largest absolute Gasteiger partial charge is 0.385 e. The van der Waals surface area contributed by atoms with Crippen LogP contribution in [0.5, 0.6) is 0 Å². The number of halogens is 2. The van der Waals surface area contributed by atoms with E-state index in [-0.39, 0.29) is 22.4 Å². The van der Waals surface area contributed by atoms with Crippen molar-refractivity contribution in [3.63, 3.8) is 0 Å². The van der Waals surface area contributed by atoms with Crippen molar-refractivity contribution in [1.82, 2.24) is 5.32 Å². The lowest BCUT2D eigenvalue weighted by molar-refractivity contribution is 0.0929. The molecule has 0 spiro atoms. The van der Waals surface area contributed by atoms with Crippen LogP contribution in [0.25, 0.3) is 0 Å². The average Bonchev–Trinajstić information content (AvgIpc) is 2.37. The van der Waals surface area contributed by atoms with Gasteiger partial charge in [-0.25, -0.2) is 8.42 Å². The third-order valence-electron chi connectivity index (χ3n) is 2.88. The Morgan fingerprint density at radius 3 is 2.62 bits per heavy atom. The van der Waals surface area contributed by atoms with Crippen LogP contribution in [0.15, 0.2) is 21.5 Å². The molecular weight excluding hydrogens is 382 g/mol. The van der Waals surface area contributed by atoms with E-state index in [0.29, 0.717) is 23.1 Å². The van der Waals surface area contributed by atoms with Gasteiger partial charge in [-0.15, -0.1) is 0 Å². The first kappa shape index (κ1) is 18.4. The second-order valence-corrected chi connectivity index (χ2v) is 8.03. The number of nitrogens with one attached hydrogen (secondary N) is 1. The van der Waals surface area contributed by atoms with Crippen LogP contribution in [-0.2, 0) is 13.8 Å². The van der Waals surface area contributed by atoms with E-state index in [1.807, 2.05) is 6.92 Å². The summed E-state index contributed by atoms with van der Waals surface area (Å²) < 4.78 is 28.4. The smallest absolute Gasteiger partial charge is 0.262 e. The minimum Gasteiger partial charge on any atom is -0.385 e. The first-order valence-corrected chi connectivity index (χ1v) is 9.31. The Hall–Kier alpha value is -0.630. The number of amides is 1. The summed E-state index contributed by atoms with van der Waals surface area (Å²) >= 11 is 3.17. The van der Waals surface area contributed by atoms with Gasteiger partial charge in [-0.2, -0.15) is 0 Å². The van der Waals surface area contributed by atoms with Crippen LogP contribution in [0.4, 0.5) is 0 Å². The molecule has 8 heteroatoms. The van der Waals surface area contributed by atoms with E-state index in [9.17, 15) is 13.2 Å². The summed E-state index contributed by atoms with van der Waals surface area (Å²) in [6, 6.07) is 2.78. The number of rotatable bonds is 6. The Morgan fingerprint density at radius 1 is 1.48 bits per heavy atom. The first-order chi connectivity index (χ1) is 9.66. The van der Waals surface area contributed by atoms with Crippen molar-refractivity contribution in [2.45, 2.75) is 31.2 Å². The third-order valence-corrected chi connectivity index (χ3v) is 5.54. The number of carbonyl (C=O) groups excluding carboxylic acids is 1. The lowest BCUT2D eigenvalue weighted by atomic mass is 10.1. The number of hydrogen-bond donors (Lipinski definition) is 1. The van der Waals surface area contributed by atoms with Crippen molar-refractivity contribution < 1.29 is 17.9 Å². The molecule has 0 aliphatic rings. The zero-order valence-electron chi connectivity index (χ0n) is 11.9. The Kier molecular flexibility index (Phi) is 6.65. The maximum Gasteiger partial charge on any atom is 0.262 e. The number of benzene rings is 1. The number of carbonyl (C=O) groups is 1. The predicted molar refractivity (Wildman–Crippen MR) is 85.3 cm³/mol. The molecular formula is C13H17BrClNO4S. The molecule has 5 nitrogen and oxygen atoms in total. The van der Waals surface area contributed by atoms with Gasteiger partial charge in [0.25, 0.3) is 15.0 Å². The molecule has 1 N–H and O–H groups in total. The molecule has 1 rings (SSSR count). The van der Waals surface area contributed by atoms with Crippen molar-refractivity contribution in [3.05, 3.63) is 27.7 Å². The summed E-state index contributed by atoms with van der Waals surface area (Å²) in [5.74, 6) is -0.351. The summed E-state index contributed by atoms with van der Waals surface area (Å²) in [4.78, 5) is 12.0. The van der Waals surface area contributed by atoms with Crippen molar-refractivity contribution >= 4 is 41.6 Å². The minimum atomic E-state index is -3.93. The second-order valence-electron chi connectivity index (χ2n) is 4.70. The summed E-state index contributed by atoms with van der Waals surface area (Å²) in [5, 5.41) is 2.78. The fraction of sp³-hybridized carbons (Fsp3) is 0.462. The van der Waals surface area contributed by atoms with Crippen LogP contribution in [0.3, 0.4) is 0 Å². The molecule has 0 aliphatic carbocycles. The molecule has 0 fully saturated rings. The van der Waals surface area contributed by atoms with E-state index in [0.717, 1.165) is 0 Å². The molecule has 118 valence electrons. The minimum absolute atomic E-state index is 0.0857. The van der Waals surface area contributed by atoms with Crippen LogP contribution in [-0.4, -0.2) is 34.1 Å². The van der Waals surface area contributed by atoms with Gasteiger partial charge in [0.1, 0.15) is 0 Å². The monoisotopic (exact) mass is 397 g/mol. The summed E-state index contributed by atoms with van der Waals surface area (Å²) in [6.45, 7) is 4.07. The van der Waals surface area contributed by atoms with E-state index >= 15 is 0 Å². The Bertz CT molecular complexity index is 633. The highest BCUT2D eigenvalue weighted by Crippen LogP contribution is 2.29. The molecule has 0 radical (unpaired) electrons. The van der Waals surface area contributed by atoms with E-state index in [2.05, 4.69) is 21.2 Å². The Labute approximate surface area is 137 Å². The van der Waals surface area contributed by atoms with Crippen LogP contribution < -0.4 is 5.32 Å². The highest BCUT2D eigenvalue weighted by atomic mass is 79.9. The van der Waals surface area contributed by atoms with Gasteiger partial charge >= 0.3 is 0 Å². The van der Waals surface area contributed by atoms with Gasteiger partial charge < -0.3 is 10.1 Å². The van der Waals surface area contributed by atoms with Crippen LogP contribution in [0, 0.1) is 6.92 Å². The quantitative estimate of drug-likeness (QED) is 0.748. The van der Waals surface area contributed by atoms with Crippen LogP contribution in [0.1, 0.15) is 29.3 Å². The summed E-state index contributed by atoms with van der Waals surface area (Å²) in [6.07, 6.45) is 0.665. The zero-order valence-corrected chi connectivity index (χ0v) is 15.1. The van der Waals surface area contributed by atoms with E-state index in [1.165, 1.54) is 6.07 Å². The van der Waals surface area contributed by atoms with Crippen LogP contribution >= 0.6 is 26.6 Å². The third kappa shape index (κ3) is 5.25. The fourth-order valence-electron chi connectivity index (χ4n) is 1.72. The molecule has 1 unspecified atom stereocenters. The zero-order chi connectivity index (χ0) is 16.2. The van der Waals surface area contributed by atoms with Gasteiger partial charge in [0.05, 0.1) is 4.90 Å². The van der Waals surface area contributed by atoms with Crippen molar-refractivity contribution in [1.29, 1.82) is 0 Å². The van der Waals surface area contributed by atoms with Gasteiger partial charge in [-0.05, 0) is 53.9 Å². The average molecular weight is 399 g/mol. The van der Waals surface area contributed by atoms with Crippen LogP contribution in [0.2, 0.25) is 0 Å². The topological polar surface area (TPSA) is 72.5 Å². The van der Waals surface area contributed by atoms with E-state index < -0.39 is 9.05 Å². The number of ether oxygens (including phenoxy) is 1. The predicted octanol–water partition coefficient (Wildman–Crippen LogP) is 2.84. The van der Waals surface area contributed by atoms with E-state index in [4.69, 9.17) is 15.4 Å². The van der Waals surface area contributed by atoms with Gasteiger partial charge in [0, 0.05) is 40.5 Å². The molecule has 1 amide bonds. The van der Waals surface area contributed by atoms with Gasteiger partial charge in [0.2, 0.25) is 0 Å². The number of hydrogen-bond acceptors (Lipinski definition) is 4. The molecule has 0 aromatic heterocycles. The highest BCUT2D eigenvalue weighted by molar-refractivity contribution is 9.10. The van der Waals surface area contributed by atoms with Gasteiger partial charge in [-0.1, -0.05) is 0 Å². The standard InChI is InChI=1S/C13H17BrClNO4S/c1-8-6-10(7-11(12(8)14)21(15,18)19)13(17)16-9(2)4-5-20-3/h6-7,9H,4-5H2,1-3H3,(H,16,17). The Morgan fingerprint density at radius 2 is 2.10 bits per heavy atom. The Balaban J connectivity index is 3.04. The summed E-state index contributed by atoms with van der Waals surface area (Å²) in [5.41, 5.74) is 0.866. The number of methoxy groups -OCH3 is 1. The molecule has 1 aromatic carbocycles. The van der Waals surface area contributed by atoms with E-state index in [1.54, 1.807) is 20.1 Å². The lowest BCUT2D eigenvalue weighted by Crippen LogP contribution is -2.33. The SMILES string of the molecule is COCCC(C)NC(=O)c1cc(C)c(Br)c(S(=O)(=O)Cl)c1. The number of aryl methyl sites for hydroxylation is 1. The lowest BCUT2D eigenvalue weighted by Gasteiger charge is -2.14. The summed E-state index contributed by atoms with van der Waals surface area (Å²) in [7, 11) is 3.04. The van der Waals surface area contributed by atoms with Crippen molar-refractivity contribution in [2.75, 3.05) is 13.7 Å². The molecule has 1 aromatic rings. The molecule has 0 aliphatic heterocycles. The first-order valence-electron chi connectivity index (χ1n) is 6.21. The highest BCUT2D eigenvalue weighted by Gasteiger charge is 2.20. The maximum atomic E-state index is 12.2. The van der Waals surface area contributed by atoms with Crippen molar-refractivity contribution in [2.24, 2.45) is 0 Å². The van der Waals surface area contributed by atoms with Gasteiger partial charge in [0.15, 0.2) is 0 Å². The molecule has 0 saturated heterocycles. The van der Waals surface area contributed by atoms with Gasteiger partial charge in [-0.3, -0.25) is 4.79 Å².